The molecule has 2 aromatic heterocycles. The summed E-state index contributed by atoms with van der Waals surface area (Å²) in [6, 6.07) is 7.20. The third-order valence-corrected chi connectivity index (χ3v) is 7.55. The van der Waals surface area contributed by atoms with E-state index in [9.17, 15) is 9.59 Å². The average Bonchev–Trinajstić information content (AvgIpc) is 3.46. The van der Waals surface area contributed by atoms with Gasteiger partial charge in [-0.15, -0.1) is 21.5 Å². The van der Waals surface area contributed by atoms with Gasteiger partial charge in [0, 0.05) is 11.9 Å². The molecule has 8 nitrogen and oxygen atoms in total. The van der Waals surface area contributed by atoms with Crippen molar-refractivity contribution in [1.82, 2.24) is 14.8 Å². The zero-order valence-corrected chi connectivity index (χ0v) is 19.9. The highest BCUT2D eigenvalue weighted by atomic mass is 35.5. The SMILES string of the molecule is COC(=O)c1c(NC(=O)CSc2nnc(COc3ccccc3Cl)n2C)sc2c1CCC2. The zero-order valence-electron chi connectivity index (χ0n) is 17.5. The fraction of sp³-hybridized carbons (Fsp3) is 0.333. The van der Waals surface area contributed by atoms with Gasteiger partial charge in [-0.05, 0) is 37.0 Å². The van der Waals surface area contributed by atoms with Crippen LogP contribution in [0.25, 0.3) is 0 Å². The Labute approximate surface area is 198 Å². The summed E-state index contributed by atoms with van der Waals surface area (Å²) in [5, 5.41) is 12.8. The van der Waals surface area contributed by atoms with Crippen LogP contribution in [0, 0.1) is 0 Å². The third-order valence-electron chi connectivity index (χ3n) is 5.01. The number of thioether (sulfide) groups is 1. The van der Waals surface area contributed by atoms with E-state index in [1.807, 2.05) is 19.2 Å². The second-order valence-corrected chi connectivity index (χ2v) is 9.52. The molecule has 168 valence electrons. The van der Waals surface area contributed by atoms with E-state index in [0.717, 1.165) is 29.7 Å². The molecule has 4 rings (SSSR count). The molecular weight excluding hydrogens is 472 g/mol. The number of carbonyl (C=O) groups excluding carboxylic acids is 2. The van der Waals surface area contributed by atoms with Crippen LogP contribution in [0.1, 0.15) is 33.0 Å². The minimum Gasteiger partial charge on any atom is -0.484 e. The molecule has 0 fully saturated rings. The standard InChI is InChI=1S/C21H21ClN4O4S2/c1-26-16(10-30-14-8-4-3-7-13(14)22)24-25-21(26)31-11-17(27)23-19-18(20(28)29-2)12-6-5-9-15(12)32-19/h3-4,7-8H,5-6,9-11H2,1-2H3,(H,23,27). The molecule has 0 bridgehead atoms. The minimum absolute atomic E-state index is 0.126. The Kier molecular flexibility index (Phi) is 7.02. The maximum absolute atomic E-state index is 12.6. The molecule has 3 aromatic rings. The summed E-state index contributed by atoms with van der Waals surface area (Å²) in [5.74, 6) is 0.659. The number of rotatable bonds is 8. The Morgan fingerprint density at radius 1 is 1.28 bits per heavy atom. The fourth-order valence-electron chi connectivity index (χ4n) is 3.40. The number of aryl methyl sites for hydroxylation is 1. The van der Waals surface area contributed by atoms with Gasteiger partial charge < -0.3 is 19.4 Å². The van der Waals surface area contributed by atoms with Gasteiger partial charge in [-0.3, -0.25) is 4.79 Å². The van der Waals surface area contributed by atoms with Crippen molar-refractivity contribution >= 4 is 51.6 Å². The number of nitrogens with zero attached hydrogens (tertiary/aromatic N) is 3. The number of thiophene rings is 1. The van der Waals surface area contributed by atoms with E-state index in [-0.39, 0.29) is 18.3 Å². The summed E-state index contributed by atoms with van der Waals surface area (Å²) in [6.45, 7) is 0.198. The third kappa shape index (κ3) is 4.77. The maximum atomic E-state index is 12.6. The van der Waals surface area contributed by atoms with Gasteiger partial charge in [-0.1, -0.05) is 35.5 Å². The van der Waals surface area contributed by atoms with Gasteiger partial charge in [0.2, 0.25) is 5.91 Å². The number of para-hydroxylation sites is 1. The summed E-state index contributed by atoms with van der Waals surface area (Å²) >= 11 is 8.81. The summed E-state index contributed by atoms with van der Waals surface area (Å²) in [6.07, 6.45) is 2.77. The van der Waals surface area contributed by atoms with E-state index >= 15 is 0 Å². The van der Waals surface area contributed by atoms with Crippen LogP contribution < -0.4 is 10.1 Å². The molecule has 1 aliphatic rings. The van der Waals surface area contributed by atoms with Crippen LogP contribution in [0.5, 0.6) is 5.75 Å². The number of amides is 1. The number of carbonyl (C=O) groups is 2. The zero-order chi connectivity index (χ0) is 22.7. The average molecular weight is 493 g/mol. The highest BCUT2D eigenvalue weighted by Gasteiger charge is 2.28. The Morgan fingerprint density at radius 3 is 2.88 bits per heavy atom. The highest BCUT2D eigenvalue weighted by molar-refractivity contribution is 7.99. The fourth-order valence-corrected chi connectivity index (χ4v) is 5.62. The molecule has 1 aliphatic carbocycles. The number of aromatic nitrogens is 3. The van der Waals surface area contributed by atoms with Gasteiger partial charge in [-0.25, -0.2) is 4.79 Å². The number of anilines is 1. The Morgan fingerprint density at radius 2 is 2.09 bits per heavy atom. The molecule has 0 saturated carbocycles. The van der Waals surface area contributed by atoms with E-state index in [0.29, 0.717) is 32.3 Å². The highest BCUT2D eigenvalue weighted by Crippen LogP contribution is 2.39. The summed E-state index contributed by atoms with van der Waals surface area (Å²) in [5.41, 5.74) is 1.49. The molecule has 1 N–H and O–H groups in total. The normalized spacial score (nSPS) is 12.5. The van der Waals surface area contributed by atoms with E-state index in [2.05, 4.69) is 15.5 Å². The van der Waals surface area contributed by atoms with Gasteiger partial charge in [0.15, 0.2) is 11.0 Å². The predicted octanol–water partition coefficient (Wildman–Crippen LogP) is 4.12. The van der Waals surface area contributed by atoms with Crippen LogP contribution in [-0.4, -0.2) is 39.5 Å². The lowest BCUT2D eigenvalue weighted by molar-refractivity contribution is -0.113. The molecule has 32 heavy (non-hydrogen) atoms. The first-order valence-electron chi connectivity index (χ1n) is 9.89. The quantitative estimate of drug-likeness (QED) is 0.373. The second-order valence-electron chi connectivity index (χ2n) is 7.07. The lowest BCUT2D eigenvalue weighted by Gasteiger charge is -2.08. The Hall–Kier alpha value is -2.56. The number of ether oxygens (including phenoxy) is 2. The first-order chi connectivity index (χ1) is 15.5. The minimum atomic E-state index is -0.413. The van der Waals surface area contributed by atoms with Gasteiger partial charge in [0.25, 0.3) is 0 Å². The maximum Gasteiger partial charge on any atom is 0.341 e. The monoisotopic (exact) mass is 492 g/mol. The van der Waals surface area contributed by atoms with Crippen molar-refractivity contribution < 1.29 is 19.1 Å². The molecule has 0 unspecified atom stereocenters. The van der Waals surface area contributed by atoms with Crippen LogP contribution in [0.3, 0.4) is 0 Å². The number of hydrogen-bond acceptors (Lipinski definition) is 8. The van der Waals surface area contributed by atoms with E-state index in [4.69, 9.17) is 21.1 Å². The molecule has 0 spiro atoms. The number of nitrogens with one attached hydrogen (secondary N) is 1. The Bertz CT molecular complexity index is 1160. The van der Waals surface area contributed by atoms with E-state index in [1.54, 1.807) is 16.7 Å². The van der Waals surface area contributed by atoms with Crippen molar-refractivity contribution in [3.8, 4) is 5.75 Å². The van der Waals surface area contributed by atoms with Crippen LogP contribution in [-0.2, 0) is 36.0 Å². The molecular formula is C21H21ClN4O4S2. The predicted molar refractivity (Wildman–Crippen MR) is 124 cm³/mol. The van der Waals surface area contributed by atoms with Crippen molar-refractivity contribution in [3.05, 3.63) is 51.1 Å². The smallest absolute Gasteiger partial charge is 0.341 e. The lowest BCUT2D eigenvalue weighted by Crippen LogP contribution is -2.16. The number of hydrogen-bond donors (Lipinski definition) is 1. The van der Waals surface area contributed by atoms with Crippen LogP contribution >= 0.6 is 34.7 Å². The first kappa shape index (κ1) is 22.6. The van der Waals surface area contributed by atoms with E-state index in [1.165, 1.54) is 30.2 Å². The molecule has 0 aliphatic heterocycles. The number of benzene rings is 1. The first-order valence-corrected chi connectivity index (χ1v) is 12.1. The van der Waals surface area contributed by atoms with Gasteiger partial charge >= 0.3 is 5.97 Å². The molecule has 11 heteroatoms. The molecule has 1 amide bonds. The van der Waals surface area contributed by atoms with Crippen molar-refractivity contribution in [2.24, 2.45) is 7.05 Å². The van der Waals surface area contributed by atoms with Gasteiger partial charge in [0.1, 0.15) is 17.4 Å². The number of esters is 1. The van der Waals surface area contributed by atoms with E-state index < -0.39 is 5.97 Å². The lowest BCUT2D eigenvalue weighted by atomic mass is 10.1. The summed E-state index contributed by atoms with van der Waals surface area (Å²) < 4.78 is 12.4. The van der Waals surface area contributed by atoms with Crippen molar-refractivity contribution in [2.75, 3.05) is 18.2 Å². The number of methoxy groups -OCH3 is 1. The number of halogens is 1. The molecule has 1 aromatic carbocycles. The second kappa shape index (κ2) is 9.93. The van der Waals surface area contributed by atoms with Crippen LogP contribution in [0.2, 0.25) is 5.02 Å². The molecule has 0 radical (unpaired) electrons. The van der Waals surface area contributed by atoms with Gasteiger partial charge in [0.05, 0.1) is 23.4 Å². The van der Waals surface area contributed by atoms with Crippen LogP contribution in [0.15, 0.2) is 29.4 Å². The summed E-state index contributed by atoms with van der Waals surface area (Å²) in [4.78, 5) is 25.9. The van der Waals surface area contributed by atoms with Crippen molar-refractivity contribution in [3.63, 3.8) is 0 Å². The van der Waals surface area contributed by atoms with Crippen molar-refractivity contribution in [1.29, 1.82) is 0 Å². The molecule has 2 heterocycles. The largest absolute Gasteiger partial charge is 0.484 e. The number of fused-ring (bicyclic) bond motifs is 1. The summed E-state index contributed by atoms with van der Waals surface area (Å²) in [7, 11) is 3.16. The van der Waals surface area contributed by atoms with Crippen molar-refractivity contribution in [2.45, 2.75) is 31.0 Å². The molecule has 0 atom stereocenters. The topological polar surface area (TPSA) is 95.3 Å². The molecule has 0 saturated heterocycles. The Balaban J connectivity index is 1.36. The van der Waals surface area contributed by atoms with Gasteiger partial charge in [-0.2, -0.15) is 0 Å². The van der Waals surface area contributed by atoms with Crippen LogP contribution in [0.4, 0.5) is 5.00 Å².